The number of aromatic carboxylic acids is 1. The number of carboxylic acids is 1. The van der Waals surface area contributed by atoms with Gasteiger partial charge in [0.25, 0.3) is 0 Å². The van der Waals surface area contributed by atoms with Gasteiger partial charge in [0.05, 0.1) is 26.0 Å². The zero-order valence-electron chi connectivity index (χ0n) is 12.7. The fourth-order valence-electron chi connectivity index (χ4n) is 2.53. The summed E-state index contributed by atoms with van der Waals surface area (Å²) < 4.78 is 16.9. The largest absolute Gasteiger partial charge is 0.493 e. The van der Waals surface area contributed by atoms with Gasteiger partial charge in [-0.2, -0.15) is 5.10 Å². The van der Waals surface area contributed by atoms with Crippen LogP contribution in [0.5, 0.6) is 11.5 Å². The van der Waals surface area contributed by atoms with Gasteiger partial charge in [-0.1, -0.05) is 6.07 Å². The Morgan fingerprint density at radius 3 is 2.83 bits per heavy atom. The molecule has 1 aliphatic heterocycles. The lowest BCUT2D eigenvalue weighted by atomic mass is 10.1. The Hall–Kier alpha value is -2.54. The molecule has 1 aromatic heterocycles. The normalized spacial score (nSPS) is 15.3. The van der Waals surface area contributed by atoms with E-state index in [0.29, 0.717) is 36.0 Å². The number of carbonyl (C=O) groups is 1. The lowest BCUT2D eigenvalue weighted by Gasteiger charge is -2.25. The van der Waals surface area contributed by atoms with Crippen molar-refractivity contribution < 1.29 is 24.1 Å². The van der Waals surface area contributed by atoms with Crippen LogP contribution in [0.15, 0.2) is 24.3 Å². The first-order valence-electron chi connectivity index (χ1n) is 7.39. The van der Waals surface area contributed by atoms with Gasteiger partial charge in [-0.25, -0.2) is 4.79 Å². The fraction of sp³-hybridized carbons (Fsp3) is 0.375. The number of para-hydroxylation sites is 1. The first kappa shape index (κ1) is 15.4. The number of hydrogen-bond acceptors (Lipinski definition) is 5. The summed E-state index contributed by atoms with van der Waals surface area (Å²) in [6.07, 6.45) is 1.65. The molecular weight excluding hydrogens is 300 g/mol. The Kier molecular flexibility index (Phi) is 4.47. The van der Waals surface area contributed by atoms with Crippen molar-refractivity contribution in [1.82, 2.24) is 10.2 Å². The first-order valence-corrected chi connectivity index (χ1v) is 7.39. The zero-order valence-corrected chi connectivity index (χ0v) is 12.7. The van der Waals surface area contributed by atoms with Gasteiger partial charge in [-0.05, 0) is 18.2 Å². The van der Waals surface area contributed by atoms with Crippen LogP contribution in [-0.2, 0) is 4.74 Å². The molecule has 0 amide bonds. The molecule has 3 rings (SSSR count). The second kappa shape index (κ2) is 6.70. The minimum absolute atomic E-state index is 0.0276. The van der Waals surface area contributed by atoms with E-state index in [2.05, 4.69) is 10.2 Å². The predicted octanol–water partition coefficient (Wildman–Crippen LogP) is 2.34. The van der Waals surface area contributed by atoms with E-state index in [4.69, 9.17) is 19.3 Å². The van der Waals surface area contributed by atoms with Crippen LogP contribution in [0.4, 0.5) is 0 Å². The maximum absolute atomic E-state index is 11.0. The van der Waals surface area contributed by atoms with Crippen LogP contribution in [0.25, 0.3) is 11.3 Å². The second-order valence-electron chi connectivity index (χ2n) is 5.24. The first-order chi connectivity index (χ1) is 11.2. The van der Waals surface area contributed by atoms with Gasteiger partial charge in [-0.15, -0.1) is 0 Å². The van der Waals surface area contributed by atoms with Crippen LogP contribution in [-0.4, -0.2) is 47.7 Å². The van der Waals surface area contributed by atoms with Crippen LogP contribution in [0.1, 0.15) is 23.3 Å². The van der Waals surface area contributed by atoms with Crippen LogP contribution in [0.2, 0.25) is 0 Å². The summed E-state index contributed by atoms with van der Waals surface area (Å²) in [5.74, 6) is 0.109. The van der Waals surface area contributed by atoms with Crippen molar-refractivity contribution in [2.45, 2.75) is 18.9 Å². The Morgan fingerprint density at radius 1 is 1.39 bits per heavy atom. The van der Waals surface area contributed by atoms with Gasteiger partial charge in [0, 0.05) is 18.4 Å². The van der Waals surface area contributed by atoms with E-state index in [1.165, 1.54) is 6.07 Å². The van der Waals surface area contributed by atoms with Crippen molar-refractivity contribution in [3.8, 4) is 22.8 Å². The summed E-state index contributed by atoms with van der Waals surface area (Å²) in [6, 6.07) is 6.94. The van der Waals surface area contributed by atoms with Crippen molar-refractivity contribution in [2.24, 2.45) is 0 Å². The number of rotatable bonds is 5. The molecule has 0 aliphatic carbocycles. The molecule has 122 valence electrons. The zero-order chi connectivity index (χ0) is 16.2. The van der Waals surface area contributed by atoms with Gasteiger partial charge < -0.3 is 19.3 Å². The van der Waals surface area contributed by atoms with E-state index in [-0.39, 0.29) is 11.8 Å². The second-order valence-corrected chi connectivity index (χ2v) is 5.24. The van der Waals surface area contributed by atoms with E-state index in [1.807, 2.05) is 18.2 Å². The van der Waals surface area contributed by atoms with E-state index in [0.717, 1.165) is 12.8 Å². The summed E-state index contributed by atoms with van der Waals surface area (Å²) in [6.45, 7) is 1.33. The number of benzene rings is 1. The van der Waals surface area contributed by atoms with Gasteiger partial charge in [0.2, 0.25) is 0 Å². The van der Waals surface area contributed by atoms with Gasteiger partial charge in [0.15, 0.2) is 11.5 Å². The molecule has 0 atom stereocenters. The van der Waals surface area contributed by atoms with Crippen molar-refractivity contribution in [3.63, 3.8) is 0 Å². The van der Waals surface area contributed by atoms with Gasteiger partial charge in [0.1, 0.15) is 11.8 Å². The number of hydrogen-bond donors (Lipinski definition) is 2. The standard InChI is InChI=1S/C16H18N2O5/c1-21-14-4-2-3-11(12-9-13(16(19)20)18-17-12)15(14)23-10-5-7-22-8-6-10/h2-4,9-10H,5-8H2,1H3,(H,17,18)(H,19,20). The Morgan fingerprint density at radius 2 is 2.17 bits per heavy atom. The molecule has 0 saturated carbocycles. The Labute approximate surface area is 133 Å². The third kappa shape index (κ3) is 3.29. The summed E-state index contributed by atoms with van der Waals surface area (Å²) in [5, 5.41) is 15.6. The Balaban J connectivity index is 1.96. The number of methoxy groups -OCH3 is 1. The number of H-pyrrole nitrogens is 1. The summed E-state index contributed by atoms with van der Waals surface area (Å²) in [7, 11) is 1.57. The molecular formula is C16H18N2O5. The molecule has 2 heterocycles. The minimum atomic E-state index is -1.06. The van der Waals surface area contributed by atoms with Crippen LogP contribution in [0.3, 0.4) is 0 Å². The highest BCUT2D eigenvalue weighted by Gasteiger charge is 2.22. The molecule has 2 aromatic rings. The number of ether oxygens (including phenoxy) is 3. The molecule has 7 heteroatoms. The van der Waals surface area contributed by atoms with Crippen molar-refractivity contribution in [1.29, 1.82) is 0 Å². The van der Waals surface area contributed by atoms with Crippen molar-refractivity contribution in [3.05, 3.63) is 30.0 Å². The SMILES string of the molecule is COc1cccc(-c2cc(C(=O)O)[nH]n2)c1OC1CCOCC1. The number of aromatic amines is 1. The quantitative estimate of drug-likeness (QED) is 0.879. The topological polar surface area (TPSA) is 93.7 Å². The van der Waals surface area contributed by atoms with Gasteiger partial charge in [-0.3, -0.25) is 5.10 Å². The smallest absolute Gasteiger partial charge is 0.353 e. The molecule has 23 heavy (non-hydrogen) atoms. The third-order valence-corrected chi connectivity index (χ3v) is 3.74. The fourth-order valence-corrected chi connectivity index (χ4v) is 2.53. The maximum Gasteiger partial charge on any atom is 0.353 e. The van der Waals surface area contributed by atoms with Crippen LogP contribution >= 0.6 is 0 Å². The van der Waals surface area contributed by atoms with E-state index in [1.54, 1.807) is 7.11 Å². The summed E-state index contributed by atoms with van der Waals surface area (Å²) >= 11 is 0. The van der Waals surface area contributed by atoms with Crippen molar-refractivity contribution in [2.75, 3.05) is 20.3 Å². The number of nitrogens with one attached hydrogen (secondary N) is 1. The minimum Gasteiger partial charge on any atom is -0.493 e. The van der Waals surface area contributed by atoms with E-state index in [9.17, 15) is 4.79 Å². The molecule has 7 nitrogen and oxygen atoms in total. The van der Waals surface area contributed by atoms with Crippen LogP contribution < -0.4 is 9.47 Å². The highest BCUT2D eigenvalue weighted by Crippen LogP contribution is 2.38. The average molecular weight is 318 g/mol. The average Bonchev–Trinajstić information content (AvgIpc) is 3.06. The van der Waals surface area contributed by atoms with Gasteiger partial charge >= 0.3 is 5.97 Å². The third-order valence-electron chi connectivity index (χ3n) is 3.74. The molecule has 0 radical (unpaired) electrons. The van der Waals surface area contributed by atoms with E-state index >= 15 is 0 Å². The molecule has 0 bridgehead atoms. The summed E-state index contributed by atoms with van der Waals surface area (Å²) in [5.41, 5.74) is 1.22. The van der Waals surface area contributed by atoms with Crippen molar-refractivity contribution >= 4 is 5.97 Å². The highest BCUT2D eigenvalue weighted by atomic mass is 16.5. The molecule has 2 N–H and O–H groups in total. The lowest BCUT2D eigenvalue weighted by Crippen LogP contribution is -2.26. The summed E-state index contributed by atoms with van der Waals surface area (Å²) in [4.78, 5) is 11.0. The number of carboxylic acid groups (broad SMARTS) is 1. The van der Waals surface area contributed by atoms with Crippen LogP contribution in [0, 0.1) is 0 Å². The van der Waals surface area contributed by atoms with E-state index < -0.39 is 5.97 Å². The highest BCUT2D eigenvalue weighted by molar-refractivity contribution is 5.87. The lowest BCUT2D eigenvalue weighted by molar-refractivity contribution is 0.0248. The molecule has 1 aromatic carbocycles. The Bertz CT molecular complexity index is 692. The molecule has 1 fully saturated rings. The molecule has 0 unspecified atom stereocenters. The number of aromatic nitrogens is 2. The predicted molar refractivity (Wildman–Crippen MR) is 82.0 cm³/mol. The number of nitrogens with zero attached hydrogens (tertiary/aromatic N) is 1. The molecule has 1 aliphatic rings. The molecule has 0 spiro atoms. The maximum atomic E-state index is 11.0. The monoisotopic (exact) mass is 318 g/mol. The molecule has 1 saturated heterocycles.